The normalized spacial score (nSPS) is 23.9. The molecule has 148 valence electrons. The molecule has 3 aliphatic rings. The number of hydrogen-bond donors (Lipinski definition) is 1. The molecule has 4 rings (SSSR count). The molecule has 0 aromatic heterocycles. The molecule has 1 N–H and O–H groups in total. The van der Waals surface area contributed by atoms with Crippen molar-refractivity contribution in [2.45, 2.75) is 68.3 Å². The Hall–Kier alpha value is -1.60. The maximum atomic E-state index is 12.8. The van der Waals surface area contributed by atoms with Crippen molar-refractivity contribution in [1.82, 2.24) is 9.21 Å². The van der Waals surface area contributed by atoms with Gasteiger partial charge in [0.1, 0.15) is 0 Å². The number of benzene rings is 1. The molecule has 2 amide bonds. The summed E-state index contributed by atoms with van der Waals surface area (Å²) in [5.74, 6) is 0.642. The van der Waals surface area contributed by atoms with Crippen LogP contribution < -0.4 is 5.32 Å². The van der Waals surface area contributed by atoms with Gasteiger partial charge in [-0.3, -0.25) is 0 Å². The Kier molecular flexibility index (Phi) is 5.16. The highest BCUT2D eigenvalue weighted by atomic mass is 32.2. The first kappa shape index (κ1) is 18.7. The van der Waals surface area contributed by atoms with E-state index in [2.05, 4.69) is 5.32 Å². The van der Waals surface area contributed by atoms with Crippen molar-refractivity contribution < 1.29 is 13.2 Å². The third-order valence-corrected chi connectivity index (χ3v) is 8.27. The van der Waals surface area contributed by atoms with Crippen LogP contribution in [0.1, 0.15) is 51.4 Å². The summed E-state index contributed by atoms with van der Waals surface area (Å²) in [4.78, 5) is 15.0. The van der Waals surface area contributed by atoms with Gasteiger partial charge < -0.3 is 10.2 Å². The Morgan fingerprint density at radius 2 is 1.70 bits per heavy atom. The molecule has 0 bridgehead atoms. The fourth-order valence-corrected chi connectivity index (χ4v) is 6.00. The average Bonchev–Trinajstić information content (AvgIpc) is 3.15. The van der Waals surface area contributed by atoms with Gasteiger partial charge in [0.05, 0.1) is 4.90 Å². The molecular weight excluding hydrogens is 362 g/mol. The van der Waals surface area contributed by atoms with Crippen LogP contribution in [0.2, 0.25) is 0 Å². The van der Waals surface area contributed by atoms with Crippen molar-refractivity contribution >= 4 is 21.7 Å². The number of carbonyl (C=O) groups excluding carboxylic acids is 1. The molecule has 1 saturated heterocycles. The Balaban J connectivity index is 1.41. The zero-order valence-electron chi connectivity index (χ0n) is 15.9. The molecule has 1 aromatic rings. The fourth-order valence-electron chi connectivity index (χ4n) is 4.58. The summed E-state index contributed by atoms with van der Waals surface area (Å²) < 4.78 is 26.6. The van der Waals surface area contributed by atoms with Gasteiger partial charge in [-0.05, 0) is 68.7 Å². The largest absolute Gasteiger partial charge is 0.322 e. The van der Waals surface area contributed by atoms with E-state index >= 15 is 0 Å². The highest BCUT2D eigenvalue weighted by molar-refractivity contribution is 7.89. The molecule has 1 aromatic carbocycles. The second-order valence-electron chi connectivity index (χ2n) is 8.15. The summed E-state index contributed by atoms with van der Waals surface area (Å²) in [7, 11) is -1.81. The van der Waals surface area contributed by atoms with E-state index in [1.807, 2.05) is 4.90 Å². The van der Waals surface area contributed by atoms with E-state index in [1.165, 1.54) is 30.0 Å². The maximum absolute atomic E-state index is 12.8. The number of rotatable bonds is 5. The van der Waals surface area contributed by atoms with Crippen LogP contribution in [0.5, 0.6) is 0 Å². The lowest BCUT2D eigenvalue weighted by Crippen LogP contribution is -2.41. The van der Waals surface area contributed by atoms with Gasteiger partial charge in [0.2, 0.25) is 10.0 Å². The number of amides is 2. The van der Waals surface area contributed by atoms with Gasteiger partial charge in [0.15, 0.2) is 0 Å². The fraction of sp³-hybridized carbons (Fsp3) is 0.650. The summed E-state index contributed by atoms with van der Waals surface area (Å²) in [6.07, 6.45) is 9.06. The highest BCUT2D eigenvalue weighted by Crippen LogP contribution is 2.36. The van der Waals surface area contributed by atoms with Crippen LogP contribution in [0, 0.1) is 5.92 Å². The lowest BCUT2D eigenvalue weighted by Gasteiger charge is -2.29. The predicted octanol–water partition coefficient (Wildman–Crippen LogP) is 3.66. The van der Waals surface area contributed by atoms with Gasteiger partial charge >= 0.3 is 6.03 Å². The number of carbonyl (C=O) groups is 1. The zero-order chi connectivity index (χ0) is 19.0. The maximum Gasteiger partial charge on any atom is 0.322 e. The first-order valence-corrected chi connectivity index (χ1v) is 11.6. The third kappa shape index (κ3) is 3.85. The van der Waals surface area contributed by atoms with Crippen LogP contribution >= 0.6 is 0 Å². The van der Waals surface area contributed by atoms with E-state index in [-0.39, 0.29) is 17.0 Å². The second-order valence-corrected chi connectivity index (χ2v) is 10.2. The summed E-state index contributed by atoms with van der Waals surface area (Å²) in [5.41, 5.74) is 0.644. The first-order valence-electron chi connectivity index (χ1n) is 10.1. The van der Waals surface area contributed by atoms with Crippen LogP contribution in [0.4, 0.5) is 10.5 Å². The van der Waals surface area contributed by atoms with E-state index in [4.69, 9.17) is 0 Å². The number of nitrogens with one attached hydrogen (secondary N) is 1. The van der Waals surface area contributed by atoms with E-state index in [1.54, 1.807) is 31.3 Å². The molecule has 2 aliphatic carbocycles. The highest BCUT2D eigenvalue weighted by Gasteiger charge is 2.36. The lowest BCUT2D eigenvalue weighted by atomic mass is 9.96. The quantitative estimate of drug-likeness (QED) is 0.833. The molecule has 27 heavy (non-hydrogen) atoms. The molecular formula is C20H29N3O3S. The summed E-state index contributed by atoms with van der Waals surface area (Å²) >= 11 is 0. The minimum Gasteiger partial charge on any atom is -0.321 e. The molecule has 1 heterocycles. The predicted molar refractivity (Wildman–Crippen MR) is 105 cm³/mol. The van der Waals surface area contributed by atoms with Crippen LogP contribution in [0.25, 0.3) is 0 Å². The van der Waals surface area contributed by atoms with Crippen molar-refractivity contribution in [2.75, 3.05) is 18.9 Å². The standard InChI is InChI=1S/C20H29N3O3S/c1-22(17-10-11-17)27(25,26)18-12-8-16(9-13-18)21-20(24)23-14-4-7-19(23)15-5-2-3-6-15/h8-9,12-13,15,17,19H,2-7,10-11,14H2,1H3,(H,21,24). The zero-order valence-corrected chi connectivity index (χ0v) is 16.7. The van der Waals surface area contributed by atoms with Crippen LogP contribution in [-0.4, -0.2) is 49.3 Å². The van der Waals surface area contributed by atoms with Gasteiger partial charge in [-0.1, -0.05) is 12.8 Å². The molecule has 0 radical (unpaired) electrons. The molecule has 0 spiro atoms. The minimum absolute atomic E-state index is 0.0601. The van der Waals surface area contributed by atoms with Gasteiger partial charge in [-0.2, -0.15) is 4.31 Å². The van der Waals surface area contributed by atoms with Gasteiger partial charge in [-0.15, -0.1) is 0 Å². The van der Waals surface area contributed by atoms with E-state index in [0.717, 1.165) is 32.2 Å². The van der Waals surface area contributed by atoms with Crippen molar-refractivity contribution in [3.8, 4) is 0 Å². The minimum atomic E-state index is -3.45. The SMILES string of the molecule is CN(C1CC1)S(=O)(=O)c1ccc(NC(=O)N2CCCC2C2CCCC2)cc1. The van der Waals surface area contributed by atoms with Crippen LogP contribution in [-0.2, 0) is 10.0 Å². The Labute approximate surface area is 162 Å². The van der Waals surface area contributed by atoms with Crippen molar-refractivity contribution in [1.29, 1.82) is 0 Å². The topological polar surface area (TPSA) is 69.7 Å². The number of hydrogen-bond acceptors (Lipinski definition) is 3. The van der Waals surface area contributed by atoms with Crippen molar-refractivity contribution in [3.63, 3.8) is 0 Å². The molecule has 1 aliphatic heterocycles. The lowest BCUT2D eigenvalue weighted by molar-refractivity contribution is 0.185. The first-order chi connectivity index (χ1) is 13.0. The number of urea groups is 1. The third-order valence-electron chi connectivity index (χ3n) is 6.35. The number of anilines is 1. The van der Waals surface area contributed by atoms with Crippen LogP contribution in [0.3, 0.4) is 0 Å². The Morgan fingerprint density at radius 3 is 2.33 bits per heavy atom. The van der Waals surface area contributed by atoms with Crippen molar-refractivity contribution in [2.24, 2.45) is 5.92 Å². The van der Waals surface area contributed by atoms with Gasteiger partial charge in [0, 0.05) is 31.4 Å². The second kappa shape index (κ2) is 7.43. The summed E-state index contributed by atoms with van der Waals surface area (Å²) in [5, 5.41) is 2.96. The summed E-state index contributed by atoms with van der Waals surface area (Å²) in [6, 6.07) is 6.98. The molecule has 1 atom stereocenters. The molecule has 1 unspecified atom stereocenters. The van der Waals surface area contributed by atoms with E-state index in [9.17, 15) is 13.2 Å². The molecule has 2 saturated carbocycles. The van der Waals surface area contributed by atoms with Crippen molar-refractivity contribution in [3.05, 3.63) is 24.3 Å². The van der Waals surface area contributed by atoms with Gasteiger partial charge in [-0.25, -0.2) is 13.2 Å². The molecule has 7 heteroatoms. The molecule has 6 nitrogen and oxygen atoms in total. The van der Waals surface area contributed by atoms with E-state index < -0.39 is 10.0 Å². The van der Waals surface area contributed by atoms with Crippen LogP contribution in [0.15, 0.2) is 29.2 Å². The van der Waals surface area contributed by atoms with Gasteiger partial charge in [0.25, 0.3) is 0 Å². The molecule has 3 fully saturated rings. The average molecular weight is 392 g/mol. The number of sulfonamides is 1. The summed E-state index contributed by atoms with van der Waals surface area (Å²) in [6.45, 7) is 0.811. The van der Waals surface area contributed by atoms with E-state index in [0.29, 0.717) is 17.6 Å². The monoisotopic (exact) mass is 391 g/mol. The number of nitrogens with zero attached hydrogens (tertiary/aromatic N) is 2. The Morgan fingerprint density at radius 1 is 1.04 bits per heavy atom. The number of likely N-dealkylation sites (tertiary alicyclic amines) is 1. The smallest absolute Gasteiger partial charge is 0.321 e. The Bertz CT molecular complexity index is 783.